The second kappa shape index (κ2) is 8.82. The van der Waals surface area contributed by atoms with E-state index in [1.165, 1.54) is 0 Å². The van der Waals surface area contributed by atoms with Crippen LogP contribution in [0.5, 0.6) is 0 Å². The maximum Gasteiger partial charge on any atom is 0.416 e. The lowest BCUT2D eigenvalue weighted by atomic mass is 10.1. The maximum absolute atomic E-state index is 12.5. The quantitative estimate of drug-likeness (QED) is 0.807. The highest BCUT2D eigenvalue weighted by Gasteiger charge is 2.30. The summed E-state index contributed by atoms with van der Waals surface area (Å²) in [7, 11) is 1.82. The van der Waals surface area contributed by atoms with E-state index in [2.05, 4.69) is 20.8 Å². The monoisotopic (exact) mass is 378 g/mol. The van der Waals surface area contributed by atoms with Gasteiger partial charge in [0.25, 0.3) is 5.91 Å². The molecule has 2 aromatic rings. The van der Waals surface area contributed by atoms with Gasteiger partial charge < -0.3 is 15.2 Å². The summed E-state index contributed by atoms with van der Waals surface area (Å²) in [6.45, 7) is 1.96. The number of nitrogens with zero attached hydrogens (tertiary/aromatic N) is 2. The van der Waals surface area contributed by atoms with Crippen molar-refractivity contribution in [1.29, 1.82) is 0 Å². The molecule has 1 heterocycles. The summed E-state index contributed by atoms with van der Waals surface area (Å²) >= 11 is 0. The van der Waals surface area contributed by atoms with Gasteiger partial charge in [-0.2, -0.15) is 18.2 Å². The van der Waals surface area contributed by atoms with Crippen LogP contribution in [0.1, 0.15) is 34.6 Å². The molecule has 1 atom stereocenters. The van der Waals surface area contributed by atoms with Gasteiger partial charge in [-0.25, -0.2) is 0 Å². The van der Waals surface area contributed by atoms with E-state index in [-0.39, 0.29) is 36.4 Å². The number of rotatable bonds is 6. The molecule has 1 aromatic carbocycles. The molecule has 138 valence electrons. The van der Waals surface area contributed by atoms with Crippen molar-refractivity contribution < 1.29 is 22.5 Å². The highest BCUT2D eigenvalue weighted by Crippen LogP contribution is 2.29. The molecular weight excluding hydrogens is 361 g/mol. The molecule has 1 unspecified atom stereocenters. The molecule has 0 saturated heterocycles. The summed E-state index contributed by atoms with van der Waals surface area (Å²) in [5, 5.41) is 9.35. The molecule has 10 heteroatoms. The first-order chi connectivity index (χ1) is 11.3. The van der Waals surface area contributed by atoms with Crippen LogP contribution >= 0.6 is 12.4 Å². The molecule has 1 amide bonds. The lowest BCUT2D eigenvalue weighted by Gasteiger charge is -2.07. The predicted molar refractivity (Wildman–Crippen MR) is 86.4 cm³/mol. The summed E-state index contributed by atoms with van der Waals surface area (Å²) < 4.78 is 42.4. The lowest BCUT2D eigenvalue weighted by Crippen LogP contribution is -2.24. The molecule has 0 spiro atoms. The van der Waals surface area contributed by atoms with Crippen molar-refractivity contribution in [3.05, 3.63) is 47.1 Å². The standard InChI is InChI=1S/C15H17F3N4O2.ClH/c1-9(19-2)7-12-21-13(24-22-12)8-20-14(23)10-3-5-11(6-4-10)15(16,17)18;/h3-6,9,19H,7-8H2,1-2H3,(H,20,23);1H. The normalized spacial score (nSPS) is 12.4. The van der Waals surface area contributed by atoms with Crippen LogP contribution in [0.25, 0.3) is 0 Å². The van der Waals surface area contributed by atoms with Crippen LogP contribution in [0.15, 0.2) is 28.8 Å². The molecule has 0 bridgehead atoms. The molecule has 0 aliphatic heterocycles. The number of likely N-dealkylation sites (N-methyl/N-ethyl adjacent to an activating group) is 1. The number of hydrogen-bond donors (Lipinski definition) is 2. The van der Waals surface area contributed by atoms with Gasteiger partial charge >= 0.3 is 6.18 Å². The number of aromatic nitrogens is 2. The zero-order chi connectivity index (χ0) is 17.7. The fourth-order valence-electron chi connectivity index (χ4n) is 1.89. The lowest BCUT2D eigenvalue weighted by molar-refractivity contribution is -0.137. The third-order valence-electron chi connectivity index (χ3n) is 3.37. The molecule has 2 N–H and O–H groups in total. The van der Waals surface area contributed by atoms with E-state index in [1.54, 1.807) is 0 Å². The molecule has 0 radical (unpaired) electrons. The van der Waals surface area contributed by atoms with Crippen molar-refractivity contribution in [1.82, 2.24) is 20.8 Å². The first-order valence-corrected chi connectivity index (χ1v) is 7.23. The van der Waals surface area contributed by atoms with Gasteiger partial charge in [-0.15, -0.1) is 12.4 Å². The Balaban J connectivity index is 0.00000312. The highest BCUT2D eigenvalue weighted by molar-refractivity contribution is 5.94. The summed E-state index contributed by atoms with van der Waals surface area (Å²) in [4.78, 5) is 16.0. The number of alkyl halides is 3. The van der Waals surface area contributed by atoms with Gasteiger partial charge in [0.1, 0.15) is 0 Å². The Morgan fingerprint density at radius 3 is 2.48 bits per heavy atom. The van der Waals surface area contributed by atoms with Crippen molar-refractivity contribution in [2.45, 2.75) is 32.1 Å². The molecule has 0 aliphatic carbocycles. The van der Waals surface area contributed by atoms with Crippen LogP contribution in [0.3, 0.4) is 0 Å². The third kappa shape index (κ3) is 6.02. The van der Waals surface area contributed by atoms with Gasteiger partial charge in [0, 0.05) is 18.0 Å². The molecule has 0 aliphatic rings. The van der Waals surface area contributed by atoms with Gasteiger partial charge in [0.15, 0.2) is 5.82 Å². The third-order valence-corrected chi connectivity index (χ3v) is 3.37. The number of hydrogen-bond acceptors (Lipinski definition) is 5. The summed E-state index contributed by atoms with van der Waals surface area (Å²) in [5.74, 6) is 0.219. The van der Waals surface area contributed by atoms with Crippen LogP contribution in [0, 0.1) is 0 Å². The Morgan fingerprint density at radius 2 is 1.92 bits per heavy atom. The number of nitrogens with one attached hydrogen (secondary N) is 2. The molecular formula is C15H18ClF3N4O2. The topological polar surface area (TPSA) is 80.0 Å². The minimum absolute atomic E-state index is 0. The van der Waals surface area contributed by atoms with E-state index in [1.807, 2.05) is 14.0 Å². The van der Waals surface area contributed by atoms with Crippen molar-refractivity contribution in [3.63, 3.8) is 0 Å². The van der Waals surface area contributed by atoms with Crippen molar-refractivity contribution >= 4 is 18.3 Å². The summed E-state index contributed by atoms with van der Waals surface area (Å²) in [6.07, 6.45) is -3.85. The minimum atomic E-state index is -4.43. The number of halogens is 4. The Morgan fingerprint density at radius 1 is 1.28 bits per heavy atom. The van der Waals surface area contributed by atoms with Crippen molar-refractivity contribution in [3.8, 4) is 0 Å². The van der Waals surface area contributed by atoms with Crippen molar-refractivity contribution in [2.24, 2.45) is 0 Å². The maximum atomic E-state index is 12.5. The van der Waals surface area contributed by atoms with Crippen LogP contribution in [-0.4, -0.2) is 29.1 Å². The van der Waals surface area contributed by atoms with E-state index >= 15 is 0 Å². The van der Waals surface area contributed by atoms with Gasteiger partial charge in [0.2, 0.25) is 5.89 Å². The van der Waals surface area contributed by atoms with E-state index in [0.717, 1.165) is 24.3 Å². The van der Waals surface area contributed by atoms with Crippen LogP contribution in [-0.2, 0) is 19.1 Å². The van der Waals surface area contributed by atoms with E-state index < -0.39 is 17.6 Å². The zero-order valence-electron chi connectivity index (χ0n) is 13.6. The largest absolute Gasteiger partial charge is 0.416 e. The van der Waals surface area contributed by atoms with Crippen LogP contribution < -0.4 is 10.6 Å². The van der Waals surface area contributed by atoms with E-state index in [0.29, 0.717) is 12.2 Å². The smallest absolute Gasteiger partial charge is 0.343 e. The second-order valence-electron chi connectivity index (χ2n) is 5.26. The van der Waals surface area contributed by atoms with Gasteiger partial charge in [-0.05, 0) is 38.2 Å². The Labute approximate surface area is 148 Å². The number of amides is 1. The van der Waals surface area contributed by atoms with Crippen LogP contribution in [0.4, 0.5) is 13.2 Å². The Bertz CT molecular complexity index is 689. The first kappa shape index (κ1) is 20.9. The Hall–Kier alpha value is -2.13. The zero-order valence-corrected chi connectivity index (χ0v) is 14.4. The van der Waals surface area contributed by atoms with E-state index in [4.69, 9.17) is 4.52 Å². The molecule has 0 saturated carbocycles. The van der Waals surface area contributed by atoms with Gasteiger partial charge in [0.05, 0.1) is 12.1 Å². The minimum Gasteiger partial charge on any atom is -0.343 e. The molecule has 6 nitrogen and oxygen atoms in total. The SMILES string of the molecule is CNC(C)Cc1noc(CNC(=O)c2ccc(C(F)(F)F)cc2)n1.Cl. The summed E-state index contributed by atoms with van der Waals surface area (Å²) in [5.41, 5.74) is -0.689. The van der Waals surface area contributed by atoms with Gasteiger partial charge in [-0.3, -0.25) is 4.79 Å². The Kier molecular flexibility index (Phi) is 7.38. The fourth-order valence-corrected chi connectivity index (χ4v) is 1.89. The average Bonchev–Trinajstić information content (AvgIpc) is 2.99. The van der Waals surface area contributed by atoms with Crippen LogP contribution in [0.2, 0.25) is 0 Å². The first-order valence-electron chi connectivity index (χ1n) is 7.23. The fraction of sp³-hybridized carbons (Fsp3) is 0.400. The van der Waals surface area contributed by atoms with Gasteiger partial charge in [-0.1, -0.05) is 5.16 Å². The molecule has 1 aromatic heterocycles. The average molecular weight is 379 g/mol. The second-order valence-corrected chi connectivity index (χ2v) is 5.26. The molecule has 25 heavy (non-hydrogen) atoms. The van der Waals surface area contributed by atoms with E-state index in [9.17, 15) is 18.0 Å². The number of benzene rings is 1. The number of carbonyl (C=O) groups excluding carboxylic acids is 1. The molecule has 0 fully saturated rings. The summed E-state index contributed by atoms with van der Waals surface area (Å²) in [6, 6.07) is 4.13. The highest BCUT2D eigenvalue weighted by atomic mass is 35.5. The molecule has 2 rings (SSSR count). The number of carbonyl (C=O) groups is 1. The predicted octanol–water partition coefficient (Wildman–Crippen LogP) is 2.59. The van der Waals surface area contributed by atoms with Crippen molar-refractivity contribution in [2.75, 3.05) is 7.05 Å².